The highest BCUT2D eigenvalue weighted by Gasteiger charge is 2.41. The molecular formula is C16H24N2. The van der Waals surface area contributed by atoms with Crippen LogP contribution in [0.2, 0.25) is 0 Å². The summed E-state index contributed by atoms with van der Waals surface area (Å²) in [5.74, 6) is 0. The van der Waals surface area contributed by atoms with Crippen LogP contribution in [-0.2, 0) is 5.54 Å². The van der Waals surface area contributed by atoms with Crippen LogP contribution in [-0.4, -0.2) is 0 Å². The highest BCUT2D eigenvalue weighted by atomic mass is 14.8. The van der Waals surface area contributed by atoms with Gasteiger partial charge >= 0.3 is 0 Å². The number of benzene rings is 1. The smallest absolute Gasteiger partial charge is 0.0456 e. The molecule has 4 N–H and O–H groups in total. The lowest BCUT2D eigenvalue weighted by atomic mass is 9.65. The molecule has 1 aromatic rings. The van der Waals surface area contributed by atoms with Crippen LogP contribution in [0.5, 0.6) is 0 Å². The number of hydrogen-bond acceptors (Lipinski definition) is 2. The third kappa shape index (κ3) is 2.17. The Kier molecular flexibility index (Phi) is 3.02. The lowest BCUT2D eigenvalue weighted by molar-refractivity contribution is 0.243. The Morgan fingerprint density at radius 1 is 1.17 bits per heavy atom. The monoisotopic (exact) mass is 244 g/mol. The lowest BCUT2D eigenvalue weighted by Gasteiger charge is -2.44. The molecule has 1 aromatic carbocycles. The number of allylic oxidation sites excluding steroid dienone is 1. The molecule has 1 atom stereocenters. The SMILES string of the molecule is CC1=C(N)C(C)(C)CC(N)(c2cccc(C)c2)C1. The number of nitrogens with two attached hydrogens (primary N) is 2. The van der Waals surface area contributed by atoms with Crippen molar-refractivity contribution in [2.45, 2.75) is 46.1 Å². The van der Waals surface area contributed by atoms with Crippen molar-refractivity contribution in [3.63, 3.8) is 0 Å². The molecule has 0 aliphatic heterocycles. The van der Waals surface area contributed by atoms with Crippen LogP contribution in [0.15, 0.2) is 35.5 Å². The summed E-state index contributed by atoms with van der Waals surface area (Å²) in [6, 6.07) is 8.53. The molecule has 98 valence electrons. The van der Waals surface area contributed by atoms with E-state index in [1.165, 1.54) is 16.7 Å². The number of aryl methyl sites for hydroxylation is 1. The summed E-state index contributed by atoms with van der Waals surface area (Å²) in [5.41, 5.74) is 17.3. The van der Waals surface area contributed by atoms with Gasteiger partial charge in [-0.05, 0) is 32.3 Å². The maximum Gasteiger partial charge on any atom is 0.0456 e. The van der Waals surface area contributed by atoms with Crippen molar-refractivity contribution < 1.29 is 0 Å². The molecule has 0 heterocycles. The highest BCUT2D eigenvalue weighted by molar-refractivity contribution is 5.35. The van der Waals surface area contributed by atoms with Crippen LogP contribution in [0.4, 0.5) is 0 Å². The maximum absolute atomic E-state index is 6.69. The van der Waals surface area contributed by atoms with Gasteiger partial charge in [0.2, 0.25) is 0 Å². The van der Waals surface area contributed by atoms with Gasteiger partial charge in [0.15, 0.2) is 0 Å². The molecule has 2 nitrogen and oxygen atoms in total. The second-order valence-corrected chi connectivity index (χ2v) is 6.46. The van der Waals surface area contributed by atoms with Gasteiger partial charge in [-0.15, -0.1) is 0 Å². The Hall–Kier alpha value is -1.28. The zero-order chi connectivity index (χ0) is 13.6. The number of rotatable bonds is 1. The lowest BCUT2D eigenvalue weighted by Crippen LogP contribution is -2.46. The Bertz CT molecular complexity index is 500. The van der Waals surface area contributed by atoms with Crippen LogP contribution in [0.25, 0.3) is 0 Å². The topological polar surface area (TPSA) is 52.0 Å². The molecule has 0 saturated carbocycles. The molecule has 1 unspecified atom stereocenters. The van der Waals surface area contributed by atoms with E-state index in [2.05, 4.69) is 52.0 Å². The zero-order valence-corrected chi connectivity index (χ0v) is 11.9. The van der Waals surface area contributed by atoms with E-state index in [0.29, 0.717) is 0 Å². The molecule has 1 aliphatic carbocycles. The van der Waals surface area contributed by atoms with Crippen LogP contribution in [0.3, 0.4) is 0 Å². The molecule has 0 saturated heterocycles. The van der Waals surface area contributed by atoms with Crippen molar-refractivity contribution in [2.75, 3.05) is 0 Å². The normalized spacial score (nSPS) is 27.4. The first-order valence-electron chi connectivity index (χ1n) is 6.56. The molecule has 0 spiro atoms. The van der Waals surface area contributed by atoms with Gasteiger partial charge in [0.05, 0.1) is 0 Å². The van der Waals surface area contributed by atoms with Crippen molar-refractivity contribution in [1.82, 2.24) is 0 Å². The zero-order valence-electron chi connectivity index (χ0n) is 11.9. The van der Waals surface area contributed by atoms with E-state index in [0.717, 1.165) is 18.5 Å². The van der Waals surface area contributed by atoms with E-state index in [9.17, 15) is 0 Å². The van der Waals surface area contributed by atoms with Crippen molar-refractivity contribution in [3.05, 3.63) is 46.7 Å². The first-order chi connectivity index (χ1) is 8.24. The highest BCUT2D eigenvalue weighted by Crippen LogP contribution is 2.46. The predicted octanol–water partition coefficient (Wildman–Crippen LogP) is 3.20. The molecule has 0 bridgehead atoms. The Morgan fingerprint density at radius 3 is 2.39 bits per heavy atom. The van der Waals surface area contributed by atoms with Crippen LogP contribution in [0, 0.1) is 12.3 Å². The Labute approximate surface area is 110 Å². The second-order valence-electron chi connectivity index (χ2n) is 6.46. The maximum atomic E-state index is 6.69. The van der Waals surface area contributed by atoms with Gasteiger partial charge in [0.25, 0.3) is 0 Å². The first kappa shape index (κ1) is 13.2. The fourth-order valence-electron chi connectivity index (χ4n) is 3.25. The molecule has 0 amide bonds. The van der Waals surface area contributed by atoms with E-state index >= 15 is 0 Å². The summed E-state index contributed by atoms with van der Waals surface area (Å²) in [5, 5.41) is 0. The minimum Gasteiger partial charge on any atom is -0.402 e. The van der Waals surface area contributed by atoms with Gasteiger partial charge in [-0.2, -0.15) is 0 Å². The van der Waals surface area contributed by atoms with E-state index in [4.69, 9.17) is 11.5 Å². The van der Waals surface area contributed by atoms with Gasteiger partial charge in [-0.3, -0.25) is 0 Å². The summed E-state index contributed by atoms with van der Waals surface area (Å²) in [7, 11) is 0. The Morgan fingerprint density at radius 2 is 1.83 bits per heavy atom. The molecule has 0 radical (unpaired) electrons. The average Bonchev–Trinajstić information content (AvgIpc) is 2.25. The predicted molar refractivity (Wildman–Crippen MR) is 76.9 cm³/mol. The van der Waals surface area contributed by atoms with Crippen molar-refractivity contribution >= 4 is 0 Å². The molecule has 0 fully saturated rings. The molecule has 0 aromatic heterocycles. The van der Waals surface area contributed by atoms with E-state index in [1.807, 2.05) is 0 Å². The van der Waals surface area contributed by atoms with Gasteiger partial charge in [-0.25, -0.2) is 0 Å². The fraction of sp³-hybridized carbons (Fsp3) is 0.500. The Balaban J connectivity index is 2.46. The van der Waals surface area contributed by atoms with Gasteiger partial charge in [-0.1, -0.05) is 49.2 Å². The third-order valence-corrected chi connectivity index (χ3v) is 4.12. The summed E-state index contributed by atoms with van der Waals surface area (Å²) in [6.07, 6.45) is 1.75. The standard InChI is InChI=1S/C16H24N2/c1-11-6-5-7-13(8-11)16(18)9-12(2)14(17)15(3,4)10-16/h5-8H,9-10,17-18H2,1-4H3. The van der Waals surface area contributed by atoms with Crippen molar-refractivity contribution in [3.8, 4) is 0 Å². The molecule has 1 aliphatic rings. The summed E-state index contributed by atoms with van der Waals surface area (Å²) in [4.78, 5) is 0. The molecule has 2 heteroatoms. The molecular weight excluding hydrogens is 220 g/mol. The summed E-state index contributed by atoms with van der Waals surface area (Å²) in [6.45, 7) is 8.58. The third-order valence-electron chi connectivity index (χ3n) is 4.12. The van der Waals surface area contributed by atoms with E-state index < -0.39 is 0 Å². The fourth-order valence-corrected chi connectivity index (χ4v) is 3.25. The first-order valence-corrected chi connectivity index (χ1v) is 6.56. The minimum absolute atomic E-state index is 0.0270. The van der Waals surface area contributed by atoms with Crippen molar-refractivity contribution in [1.29, 1.82) is 0 Å². The van der Waals surface area contributed by atoms with Crippen molar-refractivity contribution in [2.24, 2.45) is 16.9 Å². The van der Waals surface area contributed by atoms with Gasteiger partial charge in [0.1, 0.15) is 0 Å². The largest absolute Gasteiger partial charge is 0.402 e. The van der Waals surface area contributed by atoms with E-state index in [1.54, 1.807) is 0 Å². The second kappa shape index (κ2) is 4.13. The van der Waals surface area contributed by atoms with Crippen LogP contribution in [0.1, 0.15) is 44.7 Å². The van der Waals surface area contributed by atoms with E-state index in [-0.39, 0.29) is 11.0 Å². The van der Waals surface area contributed by atoms with Crippen LogP contribution < -0.4 is 11.5 Å². The quantitative estimate of drug-likeness (QED) is 0.797. The van der Waals surface area contributed by atoms with Crippen LogP contribution >= 0.6 is 0 Å². The summed E-state index contributed by atoms with van der Waals surface area (Å²) >= 11 is 0. The minimum atomic E-state index is -0.289. The number of hydrogen-bond donors (Lipinski definition) is 2. The summed E-state index contributed by atoms with van der Waals surface area (Å²) < 4.78 is 0. The molecule has 18 heavy (non-hydrogen) atoms. The molecule has 2 rings (SSSR count). The average molecular weight is 244 g/mol. The van der Waals surface area contributed by atoms with Gasteiger partial charge < -0.3 is 11.5 Å². The van der Waals surface area contributed by atoms with Gasteiger partial charge in [0, 0.05) is 16.7 Å².